The van der Waals surface area contributed by atoms with Gasteiger partial charge in [0, 0.05) is 11.4 Å². The van der Waals surface area contributed by atoms with Gasteiger partial charge in [0.15, 0.2) is 0 Å². The van der Waals surface area contributed by atoms with Gasteiger partial charge in [-0.1, -0.05) is 6.07 Å². The van der Waals surface area contributed by atoms with E-state index in [-0.39, 0.29) is 17.3 Å². The Morgan fingerprint density at radius 3 is 3.00 bits per heavy atom. The standard InChI is InChI=1S/C13H13NO4S/c15-11(16)9-2-1-3-10(6-9)14-7-13(18-12(14)17)4-5-19-8-13/h1-3,6H,4-5,7-8H2,(H,15,16). The minimum Gasteiger partial charge on any atom is -0.478 e. The number of carboxylic acids is 1. The smallest absolute Gasteiger partial charge is 0.415 e. The third-order valence-electron chi connectivity index (χ3n) is 3.44. The van der Waals surface area contributed by atoms with Crippen LogP contribution in [0.4, 0.5) is 10.5 Å². The molecular formula is C13H13NO4S. The van der Waals surface area contributed by atoms with E-state index in [2.05, 4.69) is 0 Å². The first kappa shape index (κ1) is 12.3. The quantitative estimate of drug-likeness (QED) is 0.899. The van der Waals surface area contributed by atoms with Crippen LogP contribution < -0.4 is 4.90 Å². The number of rotatable bonds is 2. The number of ether oxygens (including phenoxy) is 1. The Morgan fingerprint density at radius 1 is 1.47 bits per heavy atom. The van der Waals surface area contributed by atoms with Gasteiger partial charge in [-0.15, -0.1) is 0 Å². The van der Waals surface area contributed by atoms with Crippen molar-refractivity contribution in [1.29, 1.82) is 0 Å². The van der Waals surface area contributed by atoms with Crippen LogP contribution in [0.5, 0.6) is 0 Å². The molecule has 1 aromatic carbocycles. The number of amides is 1. The minimum atomic E-state index is -0.999. The lowest BCUT2D eigenvalue weighted by Crippen LogP contribution is -2.34. The lowest BCUT2D eigenvalue weighted by Gasteiger charge is -2.19. The highest BCUT2D eigenvalue weighted by molar-refractivity contribution is 7.99. The van der Waals surface area contributed by atoms with Crippen molar-refractivity contribution in [3.63, 3.8) is 0 Å². The molecule has 0 aliphatic carbocycles. The van der Waals surface area contributed by atoms with Gasteiger partial charge < -0.3 is 9.84 Å². The van der Waals surface area contributed by atoms with Crippen molar-refractivity contribution in [3.05, 3.63) is 29.8 Å². The maximum absolute atomic E-state index is 12.0. The van der Waals surface area contributed by atoms with Crippen LogP contribution in [0.2, 0.25) is 0 Å². The van der Waals surface area contributed by atoms with Crippen LogP contribution in [0, 0.1) is 0 Å². The number of aromatic carboxylic acids is 1. The van der Waals surface area contributed by atoms with Crippen LogP contribution in [0.15, 0.2) is 24.3 Å². The fourth-order valence-electron chi connectivity index (χ4n) is 2.42. The van der Waals surface area contributed by atoms with Gasteiger partial charge in [0.05, 0.1) is 12.1 Å². The number of thioether (sulfide) groups is 1. The third-order valence-corrected chi connectivity index (χ3v) is 4.67. The normalized spacial score (nSPS) is 25.9. The summed E-state index contributed by atoms with van der Waals surface area (Å²) in [7, 11) is 0. The zero-order valence-corrected chi connectivity index (χ0v) is 11.0. The van der Waals surface area contributed by atoms with Gasteiger partial charge in [0.25, 0.3) is 0 Å². The van der Waals surface area contributed by atoms with E-state index in [9.17, 15) is 9.59 Å². The van der Waals surface area contributed by atoms with Gasteiger partial charge in [0.2, 0.25) is 0 Å². The molecule has 5 nitrogen and oxygen atoms in total. The average molecular weight is 279 g/mol. The summed E-state index contributed by atoms with van der Waals surface area (Å²) in [6, 6.07) is 6.38. The number of hydrogen-bond acceptors (Lipinski definition) is 4. The Bertz CT molecular complexity index is 539. The molecule has 2 aliphatic rings. The monoisotopic (exact) mass is 279 g/mol. The lowest BCUT2D eigenvalue weighted by molar-refractivity contribution is 0.0695. The summed E-state index contributed by atoms with van der Waals surface area (Å²) >= 11 is 1.78. The first-order valence-corrected chi connectivity index (χ1v) is 7.17. The first-order valence-electron chi connectivity index (χ1n) is 6.01. The van der Waals surface area contributed by atoms with Gasteiger partial charge >= 0.3 is 12.1 Å². The van der Waals surface area contributed by atoms with Crippen LogP contribution >= 0.6 is 11.8 Å². The third kappa shape index (κ3) is 2.16. The van der Waals surface area contributed by atoms with Crippen molar-refractivity contribution >= 4 is 29.5 Å². The molecule has 1 atom stereocenters. The molecule has 1 spiro atoms. The van der Waals surface area contributed by atoms with Crippen molar-refractivity contribution in [2.24, 2.45) is 0 Å². The van der Waals surface area contributed by atoms with Gasteiger partial charge in [0.1, 0.15) is 5.60 Å². The van der Waals surface area contributed by atoms with E-state index in [0.717, 1.165) is 17.9 Å². The predicted molar refractivity (Wildman–Crippen MR) is 71.9 cm³/mol. The fraction of sp³-hybridized carbons (Fsp3) is 0.385. The number of carbonyl (C=O) groups is 2. The molecule has 100 valence electrons. The molecule has 0 bridgehead atoms. The Hall–Kier alpha value is -1.69. The maximum atomic E-state index is 12.0. The Balaban J connectivity index is 1.88. The van der Waals surface area contributed by atoms with Crippen molar-refractivity contribution in [2.75, 3.05) is 23.0 Å². The maximum Gasteiger partial charge on any atom is 0.415 e. The Kier molecular flexibility index (Phi) is 2.89. The van der Waals surface area contributed by atoms with Gasteiger partial charge in [-0.25, -0.2) is 9.59 Å². The topological polar surface area (TPSA) is 66.8 Å². The molecule has 2 heterocycles. The molecule has 2 saturated heterocycles. The molecule has 0 aromatic heterocycles. The van der Waals surface area contributed by atoms with Crippen LogP contribution in [-0.2, 0) is 4.74 Å². The van der Waals surface area contributed by atoms with Gasteiger partial charge in [-0.2, -0.15) is 11.8 Å². The molecular weight excluding hydrogens is 266 g/mol. The van der Waals surface area contributed by atoms with E-state index in [0.29, 0.717) is 12.2 Å². The molecule has 0 radical (unpaired) electrons. The summed E-state index contributed by atoms with van der Waals surface area (Å²) in [4.78, 5) is 24.5. The number of carbonyl (C=O) groups excluding carboxylic acids is 1. The van der Waals surface area contributed by atoms with E-state index in [1.54, 1.807) is 23.9 Å². The largest absolute Gasteiger partial charge is 0.478 e. The van der Waals surface area contributed by atoms with E-state index < -0.39 is 5.97 Å². The number of benzene rings is 1. The molecule has 6 heteroatoms. The molecule has 2 aliphatic heterocycles. The van der Waals surface area contributed by atoms with Gasteiger partial charge in [-0.05, 0) is 30.4 Å². The lowest BCUT2D eigenvalue weighted by atomic mass is 10.0. The van der Waals surface area contributed by atoms with E-state index in [4.69, 9.17) is 9.84 Å². The van der Waals surface area contributed by atoms with Crippen molar-refractivity contribution < 1.29 is 19.4 Å². The summed E-state index contributed by atoms with van der Waals surface area (Å²) in [5.74, 6) is 0.810. The molecule has 1 N–H and O–H groups in total. The van der Waals surface area contributed by atoms with E-state index >= 15 is 0 Å². The highest BCUT2D eigenvalue weighted by atomic mass is 32.2. The summed E-state index contributed by atoms with van der Waals surface area (Å²) in [5, 5.41) is 8.98. The Morgan fingerprint density at radius 2 is 2.32 bits per heavy atom. The second-order valence-electron chi connectivity index (χ2n) is 4.80. The SMILES string of the molecule is O=C(O)c1cccc(N2CC3(CCSC3)OC2=O)c1. The molecule has 1 unspecified atom stereocenters. The fourth-order valence-corrected chi connectivity index (χ4v) is 3.75. The van der Waals surface area contributed by atoms with Gasteiger partial charge in [-0.3, -0.25) is 4.90 Å². The predicted octanol–water partition coefficient (Wildman–Crippen LogP) is 2.22. The summed E-state index contributed by atoms with van der Waals surface area (Å²) in [6.45, 7) is 0.502. The summed E-state index contributed by atoms with van der Waals surface area (Å²) in [6.07, 6.45) is 0.475. The summed E-state index contributed by atoms with van der Waals surface area (Å²) < 4.78 is 5.50. The molecule has 19 heavy (non-hydrogen) atoms. The second kappa shape index (κ2) is 4.45. The number of hydrogen-bond donors (Lipinski definition) is 1. The van der Waals surface area contributed by atoms with Crippen molar-refractivity contribution in [1.82, 2.24) is 0 Å². The zero-order valence-electron chi connectivity index (χ0n) is 10.2. The second-order valence-corrected chi connectivity index (χ2v) is 5.90. The molecule has 2 fully saturated rings. The van der Waals surface area contributed by atoms with Crippen molar-refractivity contribution in [3.8, 4) is 0 Å². The number of carboxylic acid groups (broad SMARTS) is 1. The Labute approximate surface area is 114 Å². The highest BCUT2D eigenvalue weighted by Gasteiger charge is 2.47. The van der Waals surface area contributed by atoms with E-state index in [1.807, 2.05) is 0 Å². The zero-order chi connectivity index (χ0) is 13.5. The average Bonchev–Trinajstić information content (AvgIpc) is 2.97. The molecule has 3 rings (SSSR count). The number of anilines is 1. The van der Waals surface area contributed by atoms with Crippen LogP contribution in [-0.4, -0.2) is 40.8 Å². The molecule has 0 saturated carbocycles. The number of nitrogens with zero attached hydrogens (tertiary/aromatic N) is 1. The minimum absolute atomic E-state index is 0.173. The first-order chi connectivity index (χ1) is 9.10. The summed E-state index contributed by atoms with van der Waals surface area (Å²) in [5.41, 5.74) is 0.367. The highest BCUT2D eigenvalue weighted by Crippen LogP contribution is 2.38. The molecule has 1 aromatic rings. The van der Waals surface area contributed by atoms with Crippen LogP contribution in [0.25, 0.3) is 0 Å². The van der Waals surface area contributed by atoms with Crippen molar-refractivity contribution in [2.45, 2.75) is 12.0 Å². The van der Waals surface area contributed by atoms with E-state index in [1.165, 1.54) is 17.0 Å². The molecule has 1 amide bonds. The van der Waals surface area contributed by atoms with Crippen LogP contribution in [0.1, 0.15) is 16.8 Å². The van der Waals surface area contributed by atoms with Crippen LogP contribution in [0.3, 0.4) is 0 Å².